The summed E-state index contributed by atoms with van der Waals surface area (Å²) in [5.41, 5.74) is 2.64. The highest BCUT2D eigenvalue weighted by Gasteiger charge is 2.12. The van der Waals surface area contributed by atoms with Gasteiger partial charge in [0.25, 0.3) is 11.8 Å². The Bertz CT molecular complexity index is 920. The maximum atomic E-state index is 12.5. The zero-order chi connectivity index (χ0) is 17.8. The summed E-state index contributed by atoms with van der Waals surface area (Å²) in [7, 11) is 0. The largest absolute Gasteiger partial charge is 0.459 e. The highest BCUT2D eigenvalue weighted by atomic mass is 79.9. The van der Waals surface area contributed by atoms with Gasteiger partial charge in [-0.1, -0.05) is 22.0 Å². The van der Waals surface area contributed by atoms with Crippen molar-refractivity contribution in [1.82, 2.24) is 0 Å². The lowest BCUT2D eigenvalue weighted by atomic mass is 10.1. The van der Waals surface area contributed by atoms with E-state index in [2.05, 4.69) is 26.6 Å². The van der Waals surface area contributed by atoms with Crippen LogP contribution in [-0.4, -0.2) is 11.8 Å². The minimum absolute atomic E-state index is 0.209. The minimum Gasteiger partial charge on any atom is -0.459 e. The third-order valence-electron chi connectivity index (χ3n) is 3.56. The van der Waals surface area contributed by atoms with E-state index in [0.29, 0.717) is 11.3 Å². The number of hydrogen-bond donors (Lipinski definition) is 2. The van der Waals surface area contributed by atoms with E-state index in [0.717, 1.165) is 15.7 Å². The molecule has 2 amide bonds. The predicted molar refractivity (Wildman–Crippen MR) is 99.9 cm³/mol. The van der Waals surface area contributed by atoms with Crippen molar-refractivity contribution in [3.8, 4) is 0 Å². The number of halogens is 1. The number of nitrogens with one attached hydrogen (secondary N) is 2. The normalized spacial score (nSPS) is 10.3. The highest BCUT2D eigenvalue weighted by molar-refractivity contribution is 9.10. The fourth-order valence-electron chi connectivity index (χ4n) is 2.30. The summed E-state index contributed by atoms with van der Waals surface area (Å²) in [5, 5.41) is 5.57. The number of furan rings is 1. The molecule has 126 valence electrons. The van der Waals surface area contributed by atoms with Crippen LogP contribution in [0.2, 0.25) is 0 Å². The first-order valence-corrected chi connectivity index (χ1v) is 8.34. The van der Waals surface area contributed by atoms with Crippen LogP contribution in [0.15, 0.2) is 69.8 Å². The average Bonchev–Trinajstić information content (AvgIpc) is 3.12. The van der Waals surface area contributed by atoms with Crippen molar-refractivity contribution in [2.75, 3.05) is 10.6 Å². The Labute approximate surface area is 153 Å². The number of rotatable bonds is 4. The molecule has 1 aromatic heterocycles. The Morgan fingerprint density at radius 1 is 0.960 bits per heavy atom. The number of aryl methyl sites for hydroxylation is 1. The first-order valence-electron chi connectivity index (χ1n) is 7.55. The monoisotopic (exact) mass is 398 g/mol. The number of benzene rings is 2. The van der Waals surface area contributed by atoms with E-state index in [-0.39, 0.29) is 17.6 Å². The summed E-state index contributed by atoms with van der Waals surface area (Å²) in [5.74, 6) is -0.411. The standard InChI is InChI=1S/C19H15BrN2O3/c1-12-10-14(20)7-8-16(12)22-18(23)13-4-2-5-15(11-13)21-19(24)17-6-3-9-25-17/h2-11H,1H3,(H,21,24)(H,22,23). The molecule has 3 rings (SSSR count). The lowest BCUT2D eigenvalue weighted by Gasteiger charge is -2.10. The number of carbonyl (C=O) groups is 2. The second-order valence-corrected chi connectivity index (χ2v) is 6.34. The molecular weight excluding hydrogens is 384 g/mol. The van der Waals surface area contributed by atoms with Gasteiger partial charge in [-0.2, -0.15) is 0 Å². The molecule has 0 aliphatic rings. The lowest BCUT2D eigenvalue weighted by Crippen LogP contribution is -2.14. The molecule has 0 radical (unpaired) electrons. The molecule has 0 saturated carbocycles. The fraction of sp³-hybridized carbons (Fsp3) is 0.0526. The van der Waals surface area contributed by atoms with Crippen LogP contribution in [0, 0.1) is 6.92 Å². The van der Waals surface area contributed by atoms with Gasteiger partial charge >= 0.3 is 0 Å². The molecule has 2 aromatic carbocycles. The van der Waals surface area contributed by atoms with Gasteiger partial charge in [-0.3, -0.25) is 9.59 Å². The van der Waals surface area contributed by atoms with Gasteiger partial charge in [-0.25, -0.2) is 0 Å². The van der Waals surface area contributed by atoms with Gasteiger partial charge in [0.15, 0.2) is 5.76 Å². The zero-order valence-corrected chi connectivity index (χ0v) is 15.0. The van der Waals surface area contributed by atoms with Crippen molar-refractivity contribution in [2.24, 2.45) is 0 Å². The Balaban J connectivity index is 1.74. The number of anilines is 2. The van der Waals surface area contributed by atoms with Crippen molar-refractivity contribution in [2.45, 2.75) is 6.92 Å². The predicted octanol–water partition coefficient (Wildman–Crippen LogP) is 4.86. The van der Waals surface area contributed by atoms with Crippen molar-refractivity contribution < 1.29 is 14.0 Å². The Hall–Kier alpha value is -2.86. The molecule has 0 atom stereocenters. The van der Waals surface area contributed by atoms with Crippen LogP contribution >= 0.6 is 15.9 Å². The quantitative estimate of drug-likeness (QED) is 0.659. The third kappa shape index (κ3) is 4.16. The molecule has 0 aliphatic heterocycles. The van der Waals surface area contributed by atoms with Gasteiger partial charge in [-0.15, -0.1) is 0 Å². The molecule has 25 heavy (non-hydrogen) atoms. The van der Waals surface area contributed by atoms with Crippen LogP contribution < -0.4 is 10.6 Å². The number of amides is 2. The Kier molecular flexibility index (Phi) is 5.00. The van der Waals surface area contributed by atoms with Crippen LogP contribution in [0.25, 0.3) is 0 Å². The molecule has 2 N–H and O–H groups in total. The molecule has 5 nitrogen and oxygen atoms in total. The summed E-state index contributed by atoms with van der Waals surface area (Å²) >= 11 is 3.40. The first-order chi connectivity index (χ1) is 12.0. The molecule has 0 spiro atoms. The molecule has 0 fully saturated rings. The molecule has 3 aromatic rings. The fourth-order valence-corrected chi connectivity index (χ4v) is 2.78. The Morgan fingerprint density at radius 3 is 2.52 bits per heavy atom. The van der Waals surface area contributed by atoms with Crippen LogP contribution in [-0.2, 0) is 0 Å². The van der Waals surface area contributed by atoms with Crippen LogP contribution in [0.1, 0.15) is 26.5 Å². The van der Waals surface area contributed by atoms with E-state index in [1.165, 1.54) is 6.26 Å². The van der Waals surface area contributed by atoms with Crippen molar-refractivity contribution in [3.63, 3.8) is 0 Å². The maximum absolute atomic E-state index is 12.5. The highest BCUT2D eigenvalue weighted by Crippen LogP contribution is 2.21. The third-order valence-corrected chi connectivity index (χ3v) is 4.06. The van der Waals surface area contributed by atoms with Gasteiger partial charge in [0.1, 0.15) is 0 Å². The smallest absolute Gasteiger partial charge is 0.291 e. The number of carbonyl (C=O) groups excluding carboxylic acids is 2. The van der Waals surface area contributed by atoms with Crippen molar-refractivity contribution in [3.05, 3.63) is 82.2 Å². The minimum atomic E-state index is -0.369. The Morgan fingerprint density at radius 2 is 1.80 bits per heavy atom. The zero-order valence-electron chi connectivity index (χ0n) is 13.4. The second kappa shape index (κ2) is 7.36. The maximum Gasteiger partial charge on any atom is 0.291 e. The molecule has 0 aliphatic carbocycles. The van der Waals surface area contributed by atoms with Crippen molar-refractivity contribution in [1.29, 1.82) is 0 Å². The summed E-state index contributed by atoms with van der Waals surface area (Å²) < 4.78 is 6.00. The molecule has 0 saturated heterocycles. The summed E-state index contributed by atoms with van der Waals surface area (Å²) in [6.07, 6.45) is 1.43. The van der Waals surface area contributed by atoms with E-state index in [1.807, 2.05) is 25.1 Å². The summed E-state index contributed by atoms with van der Waals surface area (Å²) in [6, 6.07) is 15.6. The van der Waals surface area contributed by atoms with Crippen LogP contribution in [0.3, 0.4) is 0 Å². The molecule has 0 unspecified atom stereocenters. The average molecular weight is 399 g/mol. The van der Waals surface area contributed by atoms with Crippen LogP contribution in [0.4, 0.5) is 11.4 Å². The van der Waals surface area contributed by atoms with Gasteiger partial charge in [0.2, 0.25) is 0 Å². The van der Waals surface area contributed by atoms with Gasteiger partial charge in [0.05, 0.1) is 6.26 Å². The number of hydrogen-bond acceptors (Lipinski definition) is 3. The molecular formula is C19H15BrN2O3. The van der Waals surface area contributed by atoms with E-state index >= 15 is 0 Å². The summed E-state index contributed by atoms with van der Waals surface area (Å²) in [4.78, 5) is 24.5. The topological polar surface area (TPSA) is 71.3 Å². The van der Waals surface area contributed by atoms with E-state index < -0.39 is 0 Å². The first kappa shape index (κ1) is 17.0. The van der Waals surface area contributed by atoms with Gasteiger partial charge < -0.3 is 15.1 Å². The summed E-state index contributed by atoms with van der Waals surface area (Å²) in [6.45, 7) is 1.92. The van der Waals surface area contributed by atoms with Crippen LogP contribution in [0.5, 0.6) is 0 Å². The second-order valence-electron chi connectivity index (χ2n) is 5.43. The van der Waals surface area contributed by atoms with Gasteiger partial charge in [-0.05, 0) is 61.0 Å². The van der Waals surface area contributed by atoms with E-state index in [1.54, 1.807) is 36.4 Å². The SMILES string of the molecule is Cc1cc(Br)ccc1NC(=O)c1cccc(NC(=O)c2ccco2)c1. The van der Waals surface area contributed by atoms with E-state index in [4.69, 9.17) is 4.42 Å². The lowest BCUT2D eigenvalue weighted by molar-refractivity contribution is 0.0993. The van der Waals surface area contributed by atoms with E-state index in [9.17, 15) is 9.59 Å². The van der Waals surface area contributed by atoms with Crippen molar-refractivity contribution >= 4 is 39.1 Å². The molecule has 0 bridgehead atoms. The van der Waals surface area contributed by atoms with Gasteiger partial charge in [0, 0.05) is 21.4 Å². The molecule has 1 heterocycles. The molecule has 6 heteroatoms.